The molecule has 0 spiro atoms. The van der Waals surface area contributed by atoms with Gasteiger partial charge in [0.05, 0.1) is 12.6 Å². The zero-order valence-electron chi connectivity index (χ0n) is 11.4. The lowest BCUT2D eigenvalue weighted by Gasteiger charge is -2.37. The molecule has 1 aromatic heterocycles. The second kappa shape index (κ2) is 6.15. The Morgan fingerprint density at radius 2 is 2.11 bits per heavy atom. The summed E-state index contributed by atoms with van der Waals surface area (Å²) in [5, 5.41) is 12.1. The number of halogens is 1. The molecule has 0 aromatic carbocycles. The number of hydrogen-bond acceptors (Lipinski definition) is 5. The van der Waals surface area contributed by atoms with E-state index in [2.05, 4.69) is 27.3 Å². The minimum atomic E-state index is 0. The first-order valence-electron chi connectivity index (χ1n) is 7.02. The van der Waals surface area contributed by atoms with Crippen molar-refractivity contribution >= 4 is 12.4 Å². The summed E-state index contributed by atoms with van der Waals surface area (Å²) in [5.74, 6) is 1.00. The Labute approximate surface area is 120 Å². The molecule has 2 unspecified atom stereocenters. The number of nitrogens with zero attached hydrogens (tertiary/aromatic N) is 5. The Morgan fingerprint density at radius 3 is 2.79 bits per heavy atom. The van der Waals surface area contributed by atoms with Crippen molar-refractivity contribution in [1.29, 1.82) is 0 Å². The van der Waals surface area contributed by atoms with Gasteiger partial charge in [-0.3, -0.25) is 4.90 Å². The van der Waals surface area contributed by atoms with Crippen LogP contribution in [0.1, 0.15) is 50.9 Å². The van der Waals surface area contributed by atoms with Gasteiger partial charge in [0.1, 0.15) is 0 Å². The summed E-state index contributed by atoms with van der Waals surface area (Å²) in [4.78, 5) is 2.46. The maximum absolute atomic E-state index is 6.10. The van der Waals surface area contributed by atoms with Gasteiger partial charge in [-0.1, -0.05) is 6.42 Å². The summed E-state index contributed by atoms with van der Waals surface area (Å²) in [7, 11) is 0. The highest BCUT2D eigenvalue weighted by molar-refractivity contribution is 5.85. The standard InChI is InChI=1S/C12H22N6.ClH/c1-9(13)11-4-2-3-7-17(11)8-12-14-15-16-18(12)10-5-6-10;/h9-11H,2-8,13H2,1H3;1H. The maximum Gasteiger partial charge on any atom is 0.165 e. The van der Waals surface area contributed by atoms with Crippen LogP contribution in [0.2, 0.25) is 0 Å². The molecule has 1 saturated carbocycles. The summed E-state index contributed by atoms with van der Waals surface area (Å²) in [5.41, 5.74) is 6.10. The molecule has 1 aromatic rings. The summed E-state index contributed by atoms with van der Waals surface area (Å²) < 4.78 is 2.01. The van der Waals surface area contributed by atoms with Crippen LogP contribution in [0.5, 0.6) is 0 Å². The fourth-order valence-corrected chi connectivity index (χ4v) is 2.91. The van der Waals surface area contributed by atoms with Crippen LogP contribution in [-0.2, 0) is 6.54 Å². The molecule has 2 fully saturated rings. The molecule has 1 saturated heterocycles. The van der Waals surface area contributed by atoms with Crippen LogP contribution in [0.15, 0.2) is 0 Å². The van der Waals surface area contributed by atoms with Crippen LogP contribution >= 0.6 is 12.4 Å². The van der Waals surface area contributed by atoms with Crippen molar-refractivity contribution < 1.29 is 0 Å². The van der Waals surface area contributed by atoms with Gasteiger partial charge in [-0.25, -0.2) is 4.68 Å². The molecule has 2 N–H and O–H groups in total. The van der Waals surface area contributed by atoms with Gasteiger partial charge in [0.25, 0.3) is 0 Å². The van der Waals surface area contributed by atoms with Crippen LogP contribution in [0, 0.1) is 0 Å². The van der Waals surface area contributed by atoms with Crippen molar-refractivity contribution in [3.8, 4) is 0 Å². The average molecular weight is 287 g/mol. The van der Waals surface area contributed by atoms with Crippen molar-refractivity contribution in [3.63, 3.8) is 0 Å². The topological polar surface area (TPSA) is 72.9 Å². The van der Waals surface area contributed by atoms with Crippen LogP contribution in [-0.4, -0.2) is 43.7 Å². The Hall–Kier alpha value is -0.720. The third-order valence-electron chi connectivity index (χ3n) is 4.07. The fraction of sp³-hybridized carbons (Fsp3) is 0.917. The van der Waals surface area contributed by atoms with Crippen LogP contribution in [0.4, 0.5) is 0 Å². The van der Waals surface area contributed by atoms with Gasteiger partial charge in [0.2, 0.25) is 0 Å². The van der Waals surface area contributed by atoms with Gasteiger partial charge < -0.3 is 5.73 Å². The highest BCUT2D eigenvalue weighted by Crippen LogP contribution is 2.34. The van der Waals surface area contributed by atoms with E-state index in [-0.39, 0.29) is 18.4 Å². The lowest BCUT2D eigenvalue weighted by atomic mass is 9.97. The highest BCUT2D eigenvalue weighted by Gasteiger charge is 2.31. The van der Waals surface area contributed by atoms with Crippen LogP contribution in [0.3, 0.4) is 0 Å². The van der Waals surface area contributed by atoms with Crippen molar-refractivity contribution in [1.82, 2.24) is 25.1 Å². The quantitative estimate of drug-likeness (QED) is 0.898. The van der Waals surface area contributed by atoms with E-state index >= 15 is 0 Å². The van der Waals surface area contributed by atoms with Crippen molar-refractivity contribution in [2.24, 2.45) is 5.73 Å². The minimum Gasteiger partial charge on any atom is -0.327 e. The minimum absolute atomic E-state index is 0. The van der Waals surface area contributed by atoms with Gasteiger partial charge >= 0.3 is 0 Å². The second-order valence-corrected chi connectivity index (χ2v) is 5.66. The Bertz CT molecular complexity index is 403. The molecule has 0 radical (unpaired) electrons. The molecule has 108 valence electrons. The summed E-state index contributed by atoms with van der Waals surface area (Å²) in [6.07, 6.45) is 6.18. The first kappa shape index (κ1) is 14.7. The van der Waals surface area contributed by atoms with E-state index in [0.29, 0.717) is 12.1 Å². The number of rotatable bonds is 4. The Kier molecular flexibility index (Phi) is 4.76. The van der Waals surface area contributed by atoms with Crippen LogP contribution in [0.25, 0.3) is 0 Å². The lowest BCUT2D eigenvalue weighted by molar-refractivity contribution is 0.118. The summed E-state index contributed by atoms with van der Waals surface area (Å²) >= 11 is 0. The van der Waals surface area contributed by atoms with Gasteiger partial charge in [0.15, 0.2) is 5.82 Å². The normalized spacial score (nSPS) is 25.9. The number of tetrazole rings is 1. The van der Waals surface area contributed by atoms with Crippen molar-refractivity contribution in [2.75, 3.05) is 6.54 Å². The van der Waals surface area contributed by atoms with Gasteiger partial charge in [-0.15, -0.1) is 17.5 Å². The molecular formula is C12H23ClN6. The molecule has 2 heterocycles. The zero-order chi connectivity index (χ0) is 12.5. The van der Waals surface area contributed by atoms with E-state index in [9.17, 15) is 0 Å². The molecule has 3 rings (SSSR count). The highest BCUT2D eigenvalue weighted by atomic mass is 35.5. The first-order chi connectivity index (χ1) is 8.75. The lowest BCUT2D eigenvalue weighted by Crippen LogP contribution is -2.48. The maximum atomic E-state index is 6.10. The molecule has 2 aliphatic rings. The van der Waals surface area contributed by atoms with Gasteiger partial charge in [0, 0.05) is 12.1 Å². The number of hydrogen-bond donors (Lipinski definition) is 1. The molecule has 0 amide bonds. The summed E-state index contributed by atoms with van der Waals surface area (Å²) in [6.45, 7) is 4.06. The first-order valence-corrected chi connectivity index (χ1v) is 7.02. The second-order valence-electron chi connectivity index (χ2n) is 5.66. The predicted molar refractivity (Wildman–Crippen MR) is 75.0 cm³/mol. The number of nitrogens with two attached hydrogens (primary N) is 1. The SMILES string of the molecule is CC(N)C1CCCCN1Cc1nnnn1C1CC1.Cl. The third kappa shape index (κ3) is 3.24. The van der Waals surface area contributed by atoms with E-state index in [1.807, 2.05) is 4.68 Å². The predicted octanol–water partition coefficient (Wildman–Crippen LogP) is 1.13. The smallest absolute Gasteiger partial charge is 0.165 e. The molecule has 7 heteroatoms. The van der Waals surface area contributed by atoms with Gasteiger partial charge in [-0.05, 0) is 49.6 Å². The third-order valence-corrected chi connectivity index (χ3v) is 4.07. The van der Waals surface area contributed by atoms with Crippen molar-refractivity contribution in [3.05, 3.63) is 5.82 Å². The number of piperidine rings is 1. The molecule has 0 bridgehead atoms. The molecule has 2 atom stereocenters. The van der Waals surface area contributed by atoms with E-state index < -0.39 is 0 Å². The van der Waals surface area contributed by atoms with E-state index in [1.54, 1.807) is 0 Å². The zero-order valence-corrected chi connectivity index (χ0v) is 12.2. The van der Waals surface area contributed by atoms with Crippen molar-refractivity contribution in [2.45, 2.75) is 63.7 Å². The monoisotopic (exact) mass is 286 g/mol. The average Bonchev–Trinajstić information content (AvgIpc) is 3.11. The van der Waals surface area contributed by atoms with Gasteiger partial charge in [-0.2, -0.15) is 0 Å². The summed E-state index contributed by atoms with van der Waals surface area (Å²) in [6, 6.07) is 1.24. The van der Waals surface area contributed by atoms with E-state index in [1.165, 1.54) is 32.1 Å². The molecule has 1 aliphatic carbocycles. The molecule has 6 nitrogen and oxygen atoms in total. The largest absolute Gasteiger partial charge is 0.327 e. The van der Waals surface area contributed by atoms with Crippen LogP contribution < -0.4 is 5.73 Å². The van der Waals surface area contributed by atoms with E-state index in [0.717, 1.165) is 18.9 Å². The fourth-order valence-electron chi connectivity index (χ4n) is 2.91. The Morgan fingerprint density at radius 1 is 1.32 bits per heavy atom. The Balaban J connectivity index is 0.00000133. The number of likely N-dealkylation sites (tertiary alicyclic amines) is 1. The number of aromatic nitrogens is 4. The molecule has 1 aliphatic heterocycles. The molecular weight excluding hydrogens is 264 g/mol. The van der Waals surface area contributed by atoms with E-state index in [4.69, 9.17) is 5.73 Å². The molecule has 19 heavy (non-hydrogen) atoms.